The van der Waals surface area contributed by atoms with Gasteiger partial charge in [-0.3, -0.25) is 9.36 Å². The third-order valence-corrected chi connectivity index (χ3v) is 6.41. The molecule has 62 heavy (non-hydrogen) atoms. The van der Waals surface area contributed by atoms with Gasteiger partial charge in [-0.1, -0.05) is 10.2 Å². The summed E-state index contributed by atoms with van der Waals surface area (Å²) in [6.07, 6.45) is 4.41. The van der Waals surface area contributed by atoms with Crippen molar-refractivity contribution < 1.29 is 84.2 Å². The molecule has 0 unspecified atom stereocenters. The molecule has 5 aromatic heterocycles. The standard InChI is InChI=1S/3C8H8N8.C2H3N.2ClHO4.Fe/c3*1-5-3-6(2)16(13-5)8-12-11-7-10-9-4-15(7)14-8;1-2-3;2*2-1(3,4)5;/h3*3-4H,1-2H3;1H3;2*(H,2,3,4,5);/q;;;;;;+2/p-2. The number of halogens is 2. The number of aromatic nitrogens is 24. The summed E-state index contributed by atoms with van der Waals surface area (Å²) >= 11 is 0. The van der Waals surface area contributed by atoms with Crippen molar-refractivity contribution in [3.63, 3.8) is 0 Å². The molecule has 0 N–H and O–H groups in total. The average Bonchev–Trinajstić information content (AvgIpc) is 4.02. The quantitative estimate of drug-likeness (QED) is 0.117. The molecule has 9 heterocycles. The summed E-state index contributed by atoms with van der Waals surface area (Å²) in [4.78, 5) is 0. The summed E-state index contributed by atoms with van der Waals surface area (Å²) in [6.45, 7) is 13.0. The number of fused-ring (bicyclic) bond motifs is 3. The van der Waals surface area contributed by atoms with Gasteiger partial charge in [-0.2, -0.15) is 24.2 Å². The Morgan fingerprint density at radius 1 is 0.548 bits per heavy atom. The van der Waals surface area contributed by atoms with Gasteiger partial charge in [0.15, 0.2) is 0 Å². The van der Waals surface area contributed by atoms with Gasteiger partial charge < -0.3 is 0 Å². The van der Waals surface area contributed by atoms with Crippen molar-refractivity contribution in [2.45, 2.75) is 48.5 Å². The van der Waals surface area contributed by atoms with Crippen molar-refractivity contribution in [2.75, 3.05) is 0 Å². The fourth-order valence-corrected chi connectivity index (χ4v) is 4.45. The van der Waals surface area contributed by atoms with Crippen LogP contribution < -0.4 is 56.8 Å². The van der Waals surface area contributed by atoms with Crippen LogP contribution in [0.25, 0.3) is 35.5 Å². The van der Waals surface area contributed by atoms with Gasteiger partial charge in [0, 0.05) is 34.2 Å². The van der Waals surface area contributed by atoms with Gasteiger partial charge in [-0.15, -0.1) is 46.0 Å². The fraction of sp³-hybridized carbons (Fsp3) is 0.269. The zero-order valence-electron chi connectivity index (χ0n) is 32.5. The maximum absolute atomic E-state index is 8.49. The fourth-order valence-electron chi connectivity index (χ4n) is 4.45. The molecule has 0 spiro atoms. The monoisotopic (exact) mass is 943 g/mol. The van der Waals surface area contributed by atoms with E-state index in [4.69, 9.17) is 42.5 Å². The molecule has 4 aliphatic rings. The number of hydrogen-bond donors (Lipinski definition) is 0. The number of nitrogens with zero attached hydrogens (tertiary/aromatic N) is 25. The molecule has 0 bridgehead atoms. The molecule has 9 rings (SSSR count). The van der Waals surface area contributed by atoms with E-state index in [1.165, 1.54) is 39.8 Å². The molecule has 4 aliphatic heterocycles. The Hall–Kier alpha value is -6.87. The largest absolute Gasteiger partial charge is 2.00 e. The molecule has 0 saturated carbocycles. The molecule has 0 aromatic carbocycles. The van der Waals surface area contributed by atoms with Crippen LogP contribution in [0.4, 0.5) is 0 Å². The molecule has 0 atom stereocenters. The molecular weight excluding hydrogens is 917 g/mol. The Balaban J connectivity index is 0.000000216. The van der Waals surface area contributed by atoms with Crippen molar-refractivity contribution in [1.82, 2.24) is 110 Å². The van der Waals surface area contributed by atoms with E-state index in [1.807, 2.05) is 59.7 Å². The minimum Gasteiger partial charge on any atom is -0.299 e. The van der Waals surface area contributed by atoms with Crippen LogP contribution in [0.5, 0.6) is 0 Å². The molecular formula is C26H27Cl2FeN25O8. The Kier molecular flexibility index (Phi) is 17.2. The summed E-state index contributed by atoms with van der Waals surface area (Å²) in [7, 11) is -9.89. The van der Waals surface area contributed by atoms with Gasteiger partial charge in [0.2, 0.25) is 12.7 Å². The summed E-state index contributed by atoms with van der Waals surface area (Å²) in [6, 6.07) is 7.58. The number of hydrogen-bond acceptors (Lipinski definition) is 25. The van der Waals surface area contributed by atoms with Crippen LogP contribution in [0.3, 0.4) is 0 Å². The van der Waals surface area contributed by atoms with Gasteiger partial charge >= 0.3 is 29.0 Å². The van der Waals surface area contributed by atoms with Crippen LogP contribution in [0.15, 0.2) is 37.2 Å². The molecule has 0 radical (unpaired) electrons. The molecule has 0 amide bonds. The van der Waals surface area contributed by atoms with Crippen molar-refractivity contribution in [3.8, 4) is 35.8 Å². The first kappa shape index (κ1) is 49.5. The minimum atomic E-state index is -4.94. The smallest absolute Gasteiger partial charge is 0.299 e. The van der Waals surface area contributed by atoms with E-state index >= 15 is 0 Å². The van der Waals surface area contributed by atoms with Crippen molar-refractivity contribution in [3.05, 3.63) is 71.3 Å². The third kappa shape index (κ3) is 15.0. The summed E-state index contributed by atoms with van der Waals surface area (Å²) in [5.74, 6) is 2.30. The Morgan fingerprint density at radius 2 is 0.935 bits per heavy atom. The second-order valence-corrected chi connectivity index (χ2v) is 12.7. The van der Waals surface area contributed by atoms with Crippen LogP contribution in [0, 0.1) is 73.4 Å². The molecule has 0 saturated heterocycles. The second-order valence-electron chi connectivity index (χ2n) is 11.2. The molecule has 0 fully saturated rings. The molecule has 33 nitrogen and oxygen atoms in total. The second kappa shape index (κ2) is 21.6. The van der Waals surface area contributed by atoms with Gasteiger partial charge in [0.1, 0.15) is 6.33 Å². The van der Waals surface area contributed by atoms with Crippen LogP contribution in [-0.4, -0.2) is 100 Å². The van der Waals surface area contributed by atoms with Crippen molar-refractivity contribution >= 4 is 5.78 Å². The Labute approximate surface area is 360 Å². The van der Waals surface area contributed by atoms with E-state index in [-0.39, 0.29) is 17.1 Å². The first-order valence-corrected chi connectivity index (χ1v) is 18.5. The minimum absolute atomic E-state index is 0. The normalized spacial score (nSPS) is 10.7. The Bertz CT molecular complexity index is 2550. The predicted molar refractivity (Wildman–Crippen MR) is 165 cm³/mol. The summed E-state index contributed by atoms with van der Waals surface area (Å²) in [5.41, 5.74) is 5.57. The first-order valence-electron chi connectivity index (χ1n) is 16.0. The van der Waals surface area contributed by atoms with E-state index in [0.29, 0.717) is 35.5 Å². The molecule has 0 aliphatic carbocycles. The zero-order valence-corrected chi connectivity index (χ0v) is 35.1. The van der Waals surface area contributed by atoms with Gasteiger partial charge in [0.05, 0.1) is 33.9 Å². The van der Waals surface area contributed by atoms with E-state index in [2.05, 4.69) is 91.8 Å². The van der Waals surface area contributed by atoms with Gasteiger partial charge in [-0.05, 0) is 71.1 Å². The molecule has 36 heteroatoms. The number of aryl methyl sites for hydroxylation is 6. The van der Waals surface area contributed by atoms with Crippen LogP contribution in [0.1, 0.15) is 41.1 Å². The summed E-state index contributed by atoms with van der Waals surface area (Å²) < 4.78 is 77.2. The maximum atomic E-state index is 8.49. The zero-order chi connectivity index (χ0) is 45.1. The van der Waals surface area contributed by atoms with Crippen LogP contribution >= 0.6 is 0 Å². The number of rotatable bonds is 3. The summed E-state index contributed by atoms with van der Waals surface area (Å²) in [5, 5.41) is 78.4. The third-order valence-electron chi connectivity index (χ3n) is 6.41. The van der Waals surface area contributed by atoms with E-state index < -0.39 is 20.5 Å². The predicted octanol–water partition coefficient (Wildman–Crippen LogP) is -11.8. The Morgan fingerprint density at radius 3 is 1.31 bits per heavy atom. The first-order chi connectivity index (χ1) is 28.6. The SMILES string of the molecule is CC#N.Cc1cc(C)n(-c2nnc3nnc[n+]-3[n-]2)n1.Cc1cc(C)n(-c2nnc3nnc[n+]-3[n-]2)n1.Cc1cc(C)n(-c2nnc3nncn3n2)n1.[Fe+2].[O-][Cl+3]([O-])([O-])[O-].[O-][Cl+3]([O-])([O-])[O-]. The van der Waals surface area contributed by atoms with Crippen molar-refractivity contribution in [2.24, 2.45) is 0 Å². The van der Waals surface area contributed by atoms with Gasteiger partial charge in [-0.25, -0.2) is 72.5 Å². The topological polar surface area (TPSA) is 470 Å². The van der Waals surface area contributed by atoms with Crippen molar-refractivity contribution in [1.29, 1.82) is 5.26 Å². The van der Waals surface area contributed by atoms with E-state index in [1.54, 1.807) is 20.1 Å². The molecule has 326 valence electrons. The maximum Gasteiger partial charge on any atom is 2.00 e. The van der Waals surface area contributed by atoms with E-state index in [9.17, 15) is 0 Å². The van der Waals surface area contributed by atoms with E-state index in [0.717, 1.165) is 34.2 Å². The van der Waals surface area contributed by atoms with Gasteiger partial charge in [0.25, 0.3) is 11.7 Å². The molecule has 5 aromatic rings. The number of nitriles is 1. The van der Waals surface area contributed by atoms with Crippen LogP contribution in [0.2, 0.25) is 0 Å². The van der Waals surface area contributed by atoms with Crippen LogP contribution in [-0.2, 0) is 17.1 Å². The average molecular weight is 944 g/mol.